The number of rotatable bonds is 6. The molecule has 0 aliphatic carbocycles. The van der Waals surface area contributed by atoms with Crippen LogP contribution in [0.25, 0.3) is 6.08 Å². The van der Waals surface area contributed by atoms with Gasteiger partial charge in [0.1, 0.15) is 0 Å². The minimum Gasteiger partial charge on any atom is -0.479 e. The zero-order valence-electron chi connectivity index (χ0n) is 13.6. The molecule has 1 aliphatic rings. The standard InChI is InChI=1S/C17H20N2O5/c1-11(20)19-8-7-12-5-3-4-6-13(12)14(19)9-16(21)18-10-15(24-2)17(22)23/h3-8,14-15H,9-10H2,1-2H3,(H,18,21)(H,22,23). The van der Waals surface area contributed by atoms with E-state index in [1.807, 2.05) is 30.3 Å². The van der Waals surface area contributed by atoms with Crippen LogP contribution in [-0.2, 0) is 19.1 Å². The quantitative estimate of drug-likeness (QED) is 0.815. The molecule has 1 aromatic rings. The lowest BCUT2D eigenvalue weighted by atomic mass is 9.93. The van der Waals surface area contributed by atoms with Gasteiger partial charge in [0.15, 0.2) is 6.10 Å². The summed E-state index contributed by atoms with van der Waals surface area (Å²) in [7, 11) is 1.27. The lowest BCUT2D eigenvalue weighted by molar-refractivity contribution is -0.148. The number of carboxylic acids is 1. The fraction of sp³-hybridized carbons (Fsp3) is 0.353. The molecule has 1 aliphatic heterocycles. The van der Waals surface area contributed by atoms with Crippen molar-refractivity contribution in [1.82, 2.24) is 10.2 Å². The number of nitrogens with zero attached hydrogens (tertiary/aromatic N) is 1. The number of fused-ring (bicyclic) bond motifs is 1. The molecular formula is C17H20N2O5. The lowest BCUT2D eigenvalue weighted by Gasteiger charge is -2.32. The second kappa shape index (κ2) is 7.74. The molecule has 7 nitrogen and oxygen atoms in total. The molecule has 2 N–H and O–H groups in total. The third kappa shape index (κ3) is 3.99. The Hall–Kier alpha value is -2.67. The second-order valence-corrected chi connectivity index (χ2v) is 5.46. The highest BCUT2D eigenvalue weighted by Crippen LogP contribution is 2.32. The maximum atomic E-state index is 12.2. The number of carbonyl (C=O) groups is 3. The molecule has 1 aromatic carbocycles. The molecule has 2 rings (SSSR count). The fourth-order valence-corrected chi connectivity index (χ4v) is 2.64. The molecule has 0 saturated carbocycles. The smallest absolute Gasteiger partial charge is 0.334 e. The molecule has 24 heavy (non-hydrogen) atoms. The molecule has 0 radical (unpaired) electrons. The van der Waals surface area contributed by atoms with Gasteiger partial charge in [0.25, 0.3) is 0 Å². The average Bonchev–Trinajstić information content (AvgIpc) is 2.55. The number of benzene rings is 1. The van der Waals surface area contributed by atoms with Gasteiger partial charge in [-0.2, -0.15) is 0 Å². The van der Waals surface area contributed by atoms with E-state index in [2.05, 4.69) is 5.32 Å². The Morgan fingerprint density at radius 2 is 2.04 bits per heavy atom. The van der Waals surface area contributed by atoms with Crippen LogP contribution in [-0.4, -0.2) is 47.5 Å². The summed E-state index contributed by atoms with van der Waals surface area (Å²) >= 11 is 0. The van der Waals surface area contributed by atoms with Crippen LogP contribution in [0, 0.1) is 0 Å². The summed E-state index contributed by atoms with van der Waals surface area (Å²) in [6.07, 6.45) is 2.43. The van der Waals surface area contributed by atoms with Gasteiger partial charge in [0, 0.05) is 20.2 Å². The van der Waals surface area contributed by atoms with E-state index < -0.39 is 18.1 Å². The maximum absolute atomic E-state index is 12.2. The molecule has 0 aromatic heterocycles. The first-order chi connectivity index (χ1) is 11.4. The van der Waals surface area contributed by atoms with Crippen molar-refractivity contribution in [3.05, 3.63) is 41.6 Å². The summed E-state index contributed by atoms with van der Waals surface area (Å²) in [5.74, 6) is -1.66. The Bertz CT molecular complexity index is 671. The zero-order chi connectivity index (χ0) is 17.7. The number of amides is 2. The van der Waals surface area contributed by atoms with E-state index in [-0.39, 0.29) is 24.8 Å². The van der Waals surface area contributed by atoms with Crippen molar-refractivity contribution in [2.45, 2.75) is 25.5 Å². The highest BCUT2D eigenvalue weighted by molar-refractivity contribution is 5.82. The third-order valence-electron chi connectivity index (χ3n) is 3.89. The number of methoxy groups -OCH3 is 1. The number of aliphatic carboxylic acids is 1. The molecule has 1 heterocycles. The second-order valence-electron chi connectivity index (χ2n) is 5.46. The minimum atomic E-state index is -1.14. The van der Waals surface area contributed by atoms with E-state index in [1.165, 1.54) is 18.9 Å². The Morgan fingerprint density at radius 1 is 1.33 bits per heavy atom. The first kappa shape index (κ1) is 17.7. The van der Waals surface area contributed by atoms with Crippen LogP contribution in [0.1, 0.15) is 30.5 Å². The van der Waals surface area contributed by atoms with Gasteiger partial charge in [-0.25, -0.2) is 4.79 Å². The van der Waals surface area contributed by atoms with Gasteiger partial charge < -0.3 is 20.1 Å². The number of carboxylic acid groups (broad SMARTS) is 1. The van der Waals surface area contributed by atoms with Crippen LogP contribution in [0.2, 0.25) is 0 Å². The number of nitrogens with one attached hydrogen (secondary N) is 1. The normalized spacial score (nSPS) is 17.1. The topological polar surface area (TPSA) is 95.9 Å². The van der Waals surface area contributed by atoms with Gasteiger partial charge in [0.2, 0.25) is 11.8 Å². The third-order valence-corrected chi connectivity index (χ3v) is 3.89. The largest absolute Gasteiger partial charge is 0.479 e. The highest BCUT2D eigenvalue weighted by atomic mass is 16.5. The van der Waals surface area contributed by atoms with Crippen LogP contribution in [0.4, 0.5) is 0 Å². The maximum Gasteiger partial charge on any atom is 0.334 e. The Labute approximate surface area is 139 Å². The monoisotopic (exact) mass is 332 g/mol. The van der Waals surface area contributed by atoms with Crippen LogP contribution in [0.5, 0.6) is 0 Å². The van der Waals surface area contributed by atoms with Crippen molar-refractivity contribution in [1.29, 1.82) is 0 Å². The molecule has 0 fully saturated rings. The molecule has 0 saturated heterocycles. The predicted molar refractivity (Wildman–Crippen MR) is 86.8 cm³/mol. The number of ether oxygens (including phenoxy) is 1. The van der Waals surface area contributed by atoms with Crippen molar-refractivity contribution in [3.8, 4) is 0 Å². The molecule has 7 heteroatoms. The van der Waals surface area contributed by atoms with E-state index in [4.69, 9.17) is 9.84 Å². The van der Waals surface area contributed by atoms with Crippen LogP contribution < -0.4 is 5.32 Å². The van der Waals surface area contributed by atoms with Crippen LogP contribution >= 0.6 is 0 Å². The lowest BCUT2D eigenvalue weighted by Crippen LogP contribution is -2.40. The van der Waals surface area contributed by atoms with Gasteiger partial charge in [-0.05, 0) is 17.2 Å². The summed E-state index contributed by atoms with van der Waals surface area (Å²) in [6.45, 7) is 1.31. The Balaban J connectivity index is 2.10. The first-order valence-electron chi connectivity index (χ1n) is 7.52. The summed E-state index contributed by atoms with van der Waals surface area (Å²) in [4.78, 5) is 36.5. The molecule has 2 unspecified atom stereocenters. The van der Waals surface area contributed by atoms with Crippen molar-refractivity contribution in [2.24, 2.45) is 0 Å². The van der Waals surface area contributed by atoms with E-state index in [0.29, 0.717) is 0 Å². The van der Waals surface area contributed by atoms with Crippen molar-refractivity contribution < 1.29 is 24.2 Å². The van der Waals surface area contributed by atoms with Crippen molar-refractivity contribution in [2.75, 3.05) is 13.7 Å². The molecule has 128 valence electrons. The van der Waals surface area contributed by atoms with Gasteiger partial charge in [-0.3, -0.25) is 9.59 Å². The average molecular weight is 332 g/mol. The van der Waals surface area contributed by atoms with Gasteiger partial charge in [0.05, 0.1) is 19.0 Å². The minimum absolute atomic E-state index is 0.0387. The number of hydrogen-bond donors (Lipinski definition) is 2. The predicted octanol–water partition coefficient (Wildman–Crippen LogP) is 1.17. The number of carbonyl (C=O) groups excluding carboxylic acids is 2. The summed E-state index contributed by atoms with van der Waals surface area (Å²) in [5.41, 5.74) is 1.83. The number of hydrogen-bond acceptors (Lipinski definition) is 4. The fourth-order valence-electron chi connectivity index (χ4n) is 2.64. The Morgan fingerprint density at radius 3 is 2.67 bits per heavy atom. The molecule has 2 amide bonds. The van der Waals surface area contributed by atoms with Gasteiger partial charge in [-0.1, -0.05) is 24.3 Å². The van der Waals surface area contributed by atoms with Gasteiger partial charge >= 0.3 is 5.97 Å². The zero-order valence-corrected chi connectivity index (χ0v) is 13.6. The van der Waals surface area contributed by atoms with E-state index in [9.17, 15) is 14.4 Å². The molecular weight excluding hydrogens is 312 g/mol. The van der Waals surface area contributed by atoms with E-state index >= 15 is 0 Å². The van der Waals surface area contributed by atoms with E-state index in [1.54, 1.807) is 6.20 Å². The van der Waals surface area contributed by atoms with E-state index in [0.717, 1.165) is 11.1 Å². The van der Waals surface area contributed by atoms with Crippen LogP contribution in [0.3, 0.4) is 0 Å². The SMILES string of the molecule is COC(CNC(=O)CC1c2ccccc2C=CN1C(C)=O)C(=O)O. The Kier molecular flexibility index (Phi) is 5.70. The molecule has 0 spiro atoms. The highest BCUT2D eigenvalue weighted by Gasteiger charge is 2.28. The molecule has 0 bridgehead atoms. The van der Waals surface area contributed by atoms with Crippen molar-refractivity contribution in [3.63, 3.8) is 0 Å². The summed E-state index contributed by atoms with van der Waals surface area (Å²) in [5, 5.41) is 11.5. The van der Waals surface area contributed by atoms with Crippen molar-refractivity contribution >= 4 is 23.9 Å². The van der Waals surface area contributed by atoms with Crippen LogP contribution in [0.15, 0.2) is 30.5 Å². The summed E-state index contributed by atoms with van der Waals surface area (Å²) < 4.78 is 4.78. The first-order valence-corrected chi connectivity index (χ1v) is 7.52. The molecule has 2 atom stereocenters. The summed E-state index contributed by atoms with van der Waals surface area (Å²) in [6, 6.07) is 7.11. The van der Waals surface area contributed by atoms with Gasteiger partial charge in [-0.15, -0.1) is 0 Å².